The monoisotopic (exact) mass is 646 g/mol. The Morgan fingerprint density at radius 2 is 1.80 bits per heavy atom. The number of carbonyl (C=O) groups is 2. The molecule has 12 nitrogen and oxygen atoms in total. The molecule has 1 aliphatic carbocycles. The fourth-order valence-electron chi connectivity index (χ4n) is 4.88. The number of aliphatic carboxylic acids is 1. The van der Waals surface area contributed by atoms with Crippen molar-refractivity contribution in [3.63, 3.8) is 0 Å². The van der Waals surface area contributed by atoms with Gasteiger partial charge in [-0.15, -0.1) is 0 Å². The van der Waals surface area contributed by atoms with Gasteiger partial charge in [0.05, 0.1) is 17.9 Å². The maximum absolute atomic E-state index is 15.1. The van der Waals surface area contributed by atoms with Gasteiger partial charge in [-0.3, -0.25) is 18.7 Å². The lowest BCUT2D eigenvalue weighted by Gasteiger charge is -2.37. The molecule has 2 aromatic rings. The molecule has 1 heterocycles. The Labute approximate surface area is 265 Å². The number of aromatic nitrogens is 2. The first-order valence-corrected chi connectivity index (χ1v) is 16.9. The molecule has 0 bridgehead atoms. The van der Waals surface area contributed by atoms with Gasteiger partial charge in [0.2, 0.25) is 0 Å². The van der Waals surface area contributed by atoms with E-state index in [-0.39, 0.29) is 55.5 Å². The van der Waals surface area contributed by atoms with E-state index in [1.165, 1.54) is 21.5 Å². The Balaban J connectivity index is 2.07. The number of carboxylic acids is 1. The van der Waals surface area contributed by atoms with E-state index in [0.29, 0.717) is 12.0 Å². The minimum Gasteiger partial charge on any atom is -0.480 e. The minimum atomic E-state index is -4.36. The summed E-state index contributed by atoms with van der Waals surface area (Å²) in [7, 11) is -4.36. The predicted molar refractivity (Wildman–Crippen MR) is 172 cm³/mol. The molecule has 0 radical (unpaired) electrons. The van der Waals surface area contributed by atoms with Gasteiger partial charge in [0.1, 0.15) is 24.2 Å². The van der Waals surface area contributed by atoms with Crippen LogP contribution < -0.4 is 15.9 Å². The summed E-state index contributed by atoms with van der Waals surface area (Å²) < 4.78 is 35.7. The van der Waals surface area contributed by atoms with E-state index >= 15 is 4.57 Å². The molecule has 1 unspecified atom stereocenters. The predicted octanol–water partition coefficient (Wildman–Crippen LogP) is 5.70. The number of nitrogen functional groups attached to an aromatic ring is 1. The Kier molecular flexibility index (Phi) is 12.6. The number of hydrogen-bond donors (Lipinski definition) is 2. The minimum absolute atomic E-state index is 0.0212. The third-order valence-electron chi connectivity index (χ3n) is 7.92. The van der Waals surface area contributed by atoms with Crippen molar-refractivity contribution in [2.24, 2.45) is 23.2 Å². The van der Waals surface area contributed by atoms with Crippen molar-refractivity contribution in [2.75, 3.05) is 25.5 Å². The zero-order valence-corrected chi connectivity index (χ0v) is 27.9. The number of carbonyl (C=O) groups excluding carboxylic acids is 1. The molecule has 45 heavy (non-hydrogen) atoms. The summed E-state index contributed by atoms with van der Waals surface area (Å²) in [4.78, 5) is 41.4. The molecule has 3 rings (SSSR count). The summed E-state index contributed by atoms with van der Waals surface area (Å²) in [5, 5.41) is 10.4. The van der Waals surface area contributed by atoms with Gasteiger partial charge >= 0.3 is 25.4 Å². The van der Waals surface area contributed by atoms with Crippen molar-refractivity contribution in [1.29, 1.82) is 0 Å². The number of ether oxygens (including phenoxy) is 1. The van der Waals surface area contributed by atoms with Crippen molar-refractivity contribution in [1.82, 2.24) is 14.2 Å². The fraction of sp³-hybridized carbons (Fsp3) is 0.562. The van der Waals surface area contributed by atoms with Crippen molar-refractivity contribution >= 4 is 31.7 Å². The van der Waals surface area contributed by atoms with E-state index < -0.39 is 36.8 Å². The highest BCUT2D eigenvalue weighted by Crippen LogP contribution is 2.60. The Hall–Kier alpha value is -3.47. The number of anilines is 1. The van der Waals surface area contributed by atoms with Gasteiger partial charge in [-0.2, -0.15) is 9.65 Å². The molecule has 0 aliphatic heterocycles. The first kappa shape index (κ1) is 36.0. The van der Waals surface area contributed by atoms with Crippen molar-refractivity contribution in [3.8, 4) is 5.75 Å². The maximum atomic E-state index is 15.1. The van der Waals surface area contributed by atoms with Gasteiger partial charge in [-0.05, 0) is 48.4 Å². The fourth-order valence-corrected chi connectivity index (χ4v) is 6.95. The average Bonchev–Trinajstić information content (AvgIpc) is 3.68. The van der Waals surface area contributed by atoms with Crippen LogP contribution in [0.2, 0.25) is 0 Å². The van der Waals surface area contributed by atoms with E-state index in [1.807, 2.05) is 27.7 Å². The Morgan fingerprint density at radius 1 is 1.13 bits per heavy atom. The summed E-state index contributed by atoms with van der Waals surface area (Å²) in [5.41, 5.74) is 4.82. The van der Waals surface area contributed by atoms with Crippen molar-refractivity contribution < 1.29 is 33.0 Å². The van der Waals surface area contributed by atoms with Crippen LogP contribution in [-0.4, -0.2) is 57.1 Å². The third-order valence-corrected chi connectivity index (χ3v) is 9.88. The average molecular weight is 647 g/mol. The van der Waals surface area contributed by atoms with Gasteiger partial charge in [-0.1, -0.05) is 72.6 Å². The standard InChI is InChI=1S/C32H47N4O8P/c1-7-24(8-2)18-36(27(29(37)38)16-22(3)4)45(41,44-26-12-10-9-11-13-26)43-21-32(20-42-30(39)23(5)6)17-25(32)19-35-15-14-28(33)34-31(35)40/h9-15,19,22-24,27H,7-8,16-18,20-21H2,1-6H3,(H,37,38)(H2,33,34,40)/b25-19-/t27-,32?,45-/m0/s1. The Morgan fingerprint density at radius 3 is 2.36 bits per heavy atom. The first-order chi connectivity index (χ1) is 21.2. The van der Waals surface area contributed by atoms with Gasteiger partial charge in [-0.25, -0.2) is 9.36 Å². The molecule has 1 saturated carbocycles. The molecule has 1 aromatic heterocycles. The van der Waals surface area contributed by atoms with E-state index in [9.17, 15) is 19.5 Å². The second kappa shape index (κ2) is 15.7. The summed E-state index contributed by atoms with van der Waals surface area (Å²) in [5.74, 6) is -1.59. The number of hydrogen-bond acceptors (Lipinski definition) is 9. The summed E-state index contributed by atoms with van der Waals surface area (Å²) in [6.45, 7) is 11.1. The Bertz CT molecular complexity index is 1440. The zero-order valence-electron chi connectivity index (χ0n) is 27.0. The number of carboxylic acid groups (broad SMARTS) is 1. The number of benzene rings is 1. The second-order valence-electron chi connectivity index (χ2n) is 12.4. The summed E-state index contributed by atoms with van der Waals surface area (Å²) >= 11 is 0. The molecule has 248 valence electrons. The lowest BCUT2D eigenvalue weighted by Crippen LogP contribution is -2.44. The first-order valence-electron chi connectivity index (χ1n) is 15.4. The van der Waals surface area contributed by atoms with Crippen LogP contribution in [0.3, 0.4) is 0 Å². The molecule has 3 N–H and O–H groups in total. The van der Waals surface area contributed by atoms with E-state index in [1.54, 1.807) is 50.4 Å². The SMILES string of the molecule is CCC(CC)CN([C@@H](CC(C)C)C(=O)O)[P@](=O)(OCC1(COC(=O)C(C)C)C/C1=C/n1ccc(N)nc1=O)Oc1ccccc1. The van der Waals surface area contributed by atoms with Crippen LogP contribution in [0.5, 0.6) is 5.75 Å². The van der Waals surface area contributed by atoms with Crippen molar-refractivity contribution in [3.05, 3.63) is 58.7 Å². The van der Waals surface area contributed by atoms with Gasteiger partial charge in [0, 0.05) is 18.9 Å². The van der Waals surface area contributed by atoms with Crippen LogP contribution in [0.1, 0.15) is 67.2 Å². The van der Waals surface area contributed by atoms with Gasteiger partial charge in [0.15, 0.2) is 0 Å². The van der Waals surface area contributed by atoms with Crippen LogP contribution in [0.15, 0.2) is 53.0 Å². The van der Waals surface area contributed by atoms with E-state index in [0.717, 1.165) is 12.8 Å². The number of nitrogens with zero attached hydrogens (tertiary/aromatic N) is 3. The molecule has 0 saturated heterocycles. The van der Waals surface area contributed by atoms with Gasteiger partial charge in [0.25, 0.3) is 0 Å². The molecular formula is C32H47N4O8P. The zero-order chi connectivity index (χ0) is 33.4. The molecule has 1 fully saturated rings. The molecule has 1 aliphatic rings. The molecule has 0 amide bonds. The van der Waals surface area contributed by atoms with E-state index in [2.05, 4.69) is 4.98 Å². The third kappa shape index (κ3) is 9.76. The topological polar surface area (TPSA) is 163 Å². The lowest BCUT2D eigenvalue weighted by molar-refractivity contribution is -0.149. The quantitative estimate of drug-likeness (QED) is 0.151. The highest BCUT2D eigenvalue weighted by molar-refractivity contribution is 7.51. The molecule has 1 aromatic carbocycles. The van der Waals surface area contributed by atoms with Crippen LogP contribution in [0.25, 0.3) is 6.20 Å². The van der Waals surface area contributed by atoms with Crippen LogP contribution in [0.4, 0.5) is 5.82 Å². The van der Waals surface area contributed by atoms with E-state index in [4.69, 9.17) is 19.5 Å². The normalized spacial score (nSPS) is 19.2. The molecule has 3 atom stereocenters. The number of para-hydroxylation sites is 1. The highest BCUT2D eigenvalue weighted by Gasteiger charge is 2.54. The van der Waals surface area contributed by atoms with Crippen LogP contribution >= 0.6 is 7.75 Å². The number of esters is 1. The van der Waals surface area contributed by atoms with Gasteiger partial charge < -0.3 is 20.1 Å². The van der Waals surface area contributed by atoms with Crippen LogP contribution in [0, 0.1) is 23.2 Å². The molecular weight excluding hydrogens is 599 g/mol. The lowest BCUT2D eigenvalue weighted by atomic mass is 10.0. The maximum Gasteiger partial charge on any atom is 0.462 e. The molecule has 0 spiro atoms. The van der Waals surface area contributed by atoms with Crippen molar-refractivity contribution in [2.45, 2.75) is 73.3 Å². The number of nitrogens with two attached hydrogens (primary N) is 1. The second-order valence-corrected chi connectivity index (χ2v) is 14.2. The van der Waals surface area contributed by atoms with Crippen LogP contribution in [-0.2, 0) is 23.4 Å². The highest BCUT2D eigenvalue weighted by atomic mass is 31.2. The largest absolute Gasteiger partial charge is 0.480 e. The number of rotatable bonds is 18. The molecule has 13 heteroatoms. The summed E-state index contributed by atoms with van der Waals surface area (Å²) in [6, 6.07) is 8.83. The summed E-state index contributed by atoms with van der Waals surface area (Å²) in [6.07, 6.45) is 5.10. The smallest absolute Gasteiger partial charge is 0.462 e.